The molecule has 0 aromatic heterocycles. The first-order valence-corrected chi connectivity index (χ1v) is 26.6. The van der Waals surface area contributed by atoms with E-state index in [1.54, 1.807) is 27.0 Å². The normalized spacial score (nSPS) is 37.5. The summed E-state index contributed by atoms with van der Waals surface area (Å²) in [6, 6.07) is 7.65. The van der Waals surface area contributed by atoms with Gasteiger partial charge in [-0.2, -0.15) is 0 Å². The number of hydrogen-bond donors (Lipinski definition) is 5. The van der Waals surface area contributed by atoms with Crippen molar-refractivity contribution in [3.05, 3.63) is 77.9 Å². The smallest absolute Gasteiger partial charge is 0.329 e. The van der Waals surface area contributed by atoms with Crippen LogP contribution in [0.5, 0.6) is 0 Å². The van der Waals surface area contributed by atoms with Crippen molar-refractivity contribution in [3.8, 4) is 0 Å². The Morgan fingerprint density at radius 1 is 0.875 bits per heavy atom. The zero-order valence-corrected chi connectivity index (χ0v) is 44.3. The predicted octanol–water partition coefficient (Wildman–Crippen LogP) is 6.55. The summed E-state index contributed by atoms with van der Waals surface area (Å²) in [4.78, 5) is 60.8. The molecular formula is C57H87N3O12. The molecule has 15 atom stereocenters. The Balaban J connectivity index is 1.51. The van der Waals surface area contributed by atoms with Crippen LogP contribution in [0.25, 0.3) is 0 Å². The third kappa shape index (κ3) is 15.5. The number of piperidine rings is 1. The van der Waals surface area contributed by atoms with Gasteiger partial charge in [-0.1, -0.05) is 87.9 Å². The molecule has 3 aliphatic heterocycles. The molecule has 7 unspecified atom stereocenters. The highest BCUT2D eigenvalue weighted by Crippen LogP contribution is 2.38. The van der Waals surface area contributed by atoms with Gasteiger partial charge in [0.05, 0.1) is 31.0 Å². The number of amides is 1. The lowest BCUT2D eigenvalue weighted by molar-refractivity contribution is -0.263. The number of Topliss-reactive ketones (excluding diaryl/α,β-unsaturated/α-hetero) is 2. The Morgan fingerprint density at radius 3 is 2.31 bits per heavy atom. The number of fused-ring (bicyclic) bond motifs is 3. The van der Waals surface area contributed by atoms with Gasteiger partial charge < -0.3 is 54.9 Å². The fourth-order valence-corrected chi connectivity index (χ4v) is 11.4. The quantitative estimate of drug-likeness (QED) is 0.101. The number of nitrogens with zero attached hydrogens (tertiary/aromatic N) is 2. The summed E-state index contributed by atoms with van der Waals surface area (Å²) in [5.74, 6) is -6.58. The average Bonchev–Trinajstić information content (AvgIpc) is 3.37. The SMILES string of the molecule is COC1CC(C[C@@H](C)[C@@H]2CC[C@H](N)/C=C(\C)C(O)[C@@H](OC)C(=O)C(C)C[C@H](C)/C=C/C=C/C=C(\C)[C@H](N(CCO)c3ccccc3)C[C@@H]3CCC(C)C(O)(O3)C(=O)C(=O)N3CCCCC3C(=O)O2)CC[C@H]1O. The van der Waals surface area contributed by atoms with Crippen LogP contribution in [0.1, 0.15) is 125 Å². The van der Waals surface area contributed by atoms with E-state index in [2.05, 4.69) is 4.90 Å². The highest BCUT2D eigenvalue weighted by molar-refractivity contribution is 6.39. The Bertz CT molecular complexity index is 2040. The average molecular weight is 1010 g/mol. The van der Waals surface area contributed by atoms with E-state index in [4.69, 9.17) is 24.7 Å². The van der Waals surface area contributed by atoms with Crippen molar-refractivity contribution in [2.45, 2.75) is 186 Å². The molecule has 1 aromatic rings. The molecule has 2 bridgehead atoms. The van der Waals surface area contributed by atoms with Crippen LogP contribution in [0.4, 0.5) is 5.69 Å². The van der Waals surface area contributed by atoms with Gasteiger partial charge in [-0.05, 0) is 133 Å². The van der Waals surface area contributed by atoms with Gasteiger partial charge in [0.25, 0.3) is 11.7 Å². The largest absolute Gasteiger partial charge is 0.461 e. The molecule has 1 saturated carbocycles. The summed E-state index contributed by atoms with van der Waals surface area (Å²) in [6.07, 6.45) is 13.5. The maximum atomic E-state index is 14.6. The lowest BCUT2D eigenvalue weighted by Gasteiger charge is -2.44. The zero-order valence-electron chi connectivity index (χ0n) is 44.3. The zero-order chi connectivity index (χ0) is 52.7. The Kier molecular flexibility index (Phi) is 22.9. The van der Waals surface area contributed by atoms with E-state index in [9.17, 15) is 39.6 Å². The van der Waals surface area contributed by atoms with E-state index in [-0.39, 0.29) is 61.8 Å². The second-order valence-electron chi connectivity index (χ2n) is 21.4. The minimum atomic E-state index is -2.46. The highest BCUT2D eigenvalue weighted by Gasteiger charge is 2.53. The summed E-state index contributed by atoms with van der Waals surface area (Å²) >= 11 is 0. The molecule has 0 radical (unpaired) electrons. The molecule has 5 rings (SSSR count). The van der Waals surface area contributed by atoms with E-state index in [1.165, 1.54) is 12.0 Å². The number of carbonyl (C=O) groups excluding carboxylic acids is 4. The number of allylic oxidation sites excluding steroid dienone is 5. The number of benzene rings is 1. The van der Waals surface area contributed by atoms with Crippen molar-refractivity contribution in [1.29, 1.82) is 0 Å². The van der Waals surface area contributed by atoms with Crippen molar-refractivity contribution in [2.24, 2.45) is 35.3 Å². The second-order valence-corrected chi connectivity index (χ2v) is 21.4. The number of rotatable bonds is 9. The molecule has 1 aromatic carbocycles. The molecule has 402 valence electrons. The van der Waals surface area contributed by atoms with Crippen molar-refractivity contribution >= 4 is 29.1 Å². The number of nitrogens with two attached hydrogens (primary N) is 1. The van der Waals surface area contributed by atoms with Crippen molar-refractivity contribution in [2.75, 3.05) is 38.8 Å². The van der Waals surface area contributed by atoms with E-state index in [0.717, 1.165) is 17.7 Å². The molecule has 3 heterocycles. The highest BCUT2D eigenvalue weighted by atomic mass is 16.6. The molecule has 72 heavy (non-hydrogen) atoms. The minimum absolute atomic E-state index is 0.00999. The van der Waals surface area contributed by atoms with Crippen LogP contribution in [-0.4, -0.2) is 143 Å². The molecule has 3 fully saturated rings. The van der Waals surface area contributed by atoms with Crippen LogP contribution in [0.15, 0.2) is 77.9 Å². The number of hydrogen-bond acceptors (Lipinski definition) is 14. The Hall–Kier alpha value is -4.06. The first kappa shape index (κ1) is 58.8. The van der Waals surface area contributed by atoms with E-state index in [1.807, 2.05) is 88.4 Å². The lowest BCUT2D eigenvalue weighted by atomic mass is 9.78. The van der Waals surface area contributed by atoms with Gasteiger partial charge in [-0.15, -0.1) is 0 Å². The number of ketones is 2. The second kappa shape index (κ2) is 28.0. The Labute approximate surface area is 428 Å². The molecular weight excluding hydrogens is 919 g/mol. The van der Waals surface area contributed by atoms with Crippen LogP contribution in [0.2, 0.25) is 0 Å². The summed E-state index contributed by atoms with van der Waals surface area (Å²) in [5.41, 5.74) is 8.98. The molecule has 6 N–H and O–H groups in total. The number of ether oxygens (including phenoxy) is 4. The molecule has 2 saturated heterocycles. The number of carbonyl (C=O) groups is 4. The fourth-order valence-electron chi connectivity index (χ4n) is 11.4. The van der Waals surface area contributed by atoms with Gasteiger partial charge in [0, 0.05) is 50.9 Å². The number of cyclic esters (lactones) is 1. The first-order valence-electron chi connectivity index (χ1n) is 26.6. The maximum absolute atomic E-state index is 14.6. The number of esters is 1. The van der Waals surface area contributed by atoms with Crippen LogP contribution in [0.3, 0.4) is 0 Å². The summed E-state index contributed by atoms with van der Waals surface area (Å²) < 4.78 is 24.1. The number of anilines is 1. The molecule has 4 aliphatic rings. The summed E-state index contributed by atoms with van der Waals surface area (Å²) in [5, 5.41) is 44.7. The van der Waals surface area contributed by atoms with Gasteiger partial charge in [-0.3, -0.25) is 14.4 Å². The fraction of sp³-hybridized carbons (Fsp3) is 0.684. The molecule has 15 heteroatoms. The summed E-state index contributed by atoms with van der Waals surface area (Å²) in [6.45, 7) is 11.5. The minimum Gasteiger partial charge on any atom is -0.461 e. The van der Waals surface area contributed by atoms with Crippen molar-refractivity contribution < 1.29 is 58.6 Å². The number of para-hydroxylation sites is 1. The van der Waals surface area contributed by atoms with E-state index in [0.29, 0.717) is 76.2 Å². The number of aliphatic hydroxyl groups is 4. The predicted molar refractivity (Wildman–Crippen MR) is 277 cm³/mol. The van der Waals surface area contributed by atoms with Gasteiger partial charge in [0.2, 0.25) is 5.79 Å². The van der Waals surface area contributed by atoms with Crippen molar-refractivity contribution in [3.63, 3.8) is 0 Å². The summed E-state index contributed by atoms with van der Waals surface area (Å²) in [7, 11) is 3.00. The maximum Gasteiger partial charge on any atom is 0.329 e. The van der Waals surface area contributed by atoms with Crippen molar-refractivity contribution in [1.82, 2.24) is 4.90 Å². The molecule has 1 aliphatic carbocycles. The standard InChI is InChI=1S/C57H87N3O12/c1-36-17-11-9-12-18-37(2)47(59(29-30-61)44-19-13-10-14-20-44)35-45-25-22-41(6)57(68,72-45)54(65)55(66)60-28-16-15-21-46(60)56(67)71-49(38(3)32-42-23-26-48(62)50(34-42)69-7)27-24-43(58)33-40(5)52(64)53(70-8)51(63)39(4)31-36/h9-14,17-20,33,36,38-39,41-43,45-50,52-53,61-62,64,68H,15-16,21-32,34-35,58H2,1-8H3/b12-9+,17-11+,37-18+,40-33+/t36-,38-,39?,41?,42?,43+,45+,46?,47-,48-,49+,50?,52?,53+,57?/m1/s1. The topological polar surface area (TPSA) is 219 Å². The number of methoxy groups -OCH3 is 2. The third-order valence-electron chi connectivity index (χ3n) is 15.9. The lowest BCUT2D eigenvalue weighted by Crippen LogP contribution is -2.61. The van der Waals surface area contributed by atoms with Crippen LogP contribution in [-0.2, 0) is 38.1 Å². The van der Waals surface area contributed by atoms with Gasteiger partial charge in [-0.25, -0.2) is 4.79 Å². The van der Waals surface area contributed by atoms with Crippen LogP contribution >= 0.6 is 0 Å². The van der Waals surface area contributed by atoms with Crippen LogP contribution < -0.4 is 10.6 Å². The molecule has 1 amide bonds. The van der Waals surface area contributed by atoms with E-state index >= 15 is 0 Å². The first-order chi connectivity index (χ1) is 34.3. The molecule has 0 spiro atoms. The monoisotopic (exact) mass is 1010 g/mol. The third-order valence-corrected chi connectivity index (χ3v) is 15.9. The van der Waals surface area contributed by atoms with Gasteiger partial charge >= 0.3 is 5.97 Å². The van der Waals surface area contributed by atoms with Crippen LogP contribution in [0, 0.1) is 29.6 Å². The molecule has 15 nitrogen and oxygen atoms in total. The van der Waals surface area contributed by atoms with Gasteiger partial charge in [0.15, 0.2) is 5.78 Å². The van der Waals surface area contributed by atoms with Gasteiger partial charge in [0.1, 0.15) is 24.4 Å². The Morgan fingerprint density at radius 2 is 1.61 bits per heavy atom. The van der Waals surface area contributed by atoms with E-state index < -0.39 is 77.9 Å². The number of aliphatic hydroxyl groups excluding tert-OH is 3.